The van der Waals surface area contributed by atoms with Crippen LogP contribution in [0.15, 0.2) is 51.8 Å². The van der Waals surface area contributed by atoms with E-state index in [1.165, 1.54) is 19.2 Å². The first-order valence-electron chi connectivity index (χ1n) is 7.86. The van der Waals surface area contributed by atoms with E-state index in [0.717, 1.165) is 5.56 Å². The summed E-state index contributed by atoms with van der Waals surface area (Å²) in [5.41, 5.74) is 0.389. The first kappa shape index (κ1) is 18.2. The number of halogens is 1. The van der Waals surface area contributed by atoms with Gasteiger partial charge in [-0.15, -0.1) is 0 Å². The largest absolute Gasteiger partial charge is 0.496 e. The highest BCUT2D eigenvalue weighted by molar-refractivity contribution is 9.10. The monoisotopic (exact) mass is 425 g/mol. The van der Waals surface area contributed by atoms with Crippen LogP contribution in [0.5, 0.6) is 11.5 Å². The van der Waals surface area contributed by atoms with Gasteiger partial charge >= 0.3 is 0 Å². The minimum absolute atomic E-state index is 0.182. The van der Waals surface area contributed by atoms with Gasteiger partial charge in [-0.1, -0.05) is 18.2 Å². The predicted molar refractivity (Wildman–Crippen MR) is 99.5 cm³/mol. The number of fused-ring (bicyclic) bond motifs is 1. The van der Waals surface area contributed by atoms with E-state index >= 15 is 0 Å². The average molecular weight is 426 g/mol. The van der Waals surface area contributed by atoms with Gasteiger partial charge in [0.1, 0.15) is 17.1 Å². The molecule has 134 valence electrons. The van der Waals surface area contributed by atoms with Crippen molar-refractivity contribution < 1.29 is 17.9 Å². The molecule has 0 unspecified atom stereocenters. The van der Waals surface area contributed by atoms with E-state index in [-0.39, 0.29) is 10.9 Å². The van der Waals surface area contributed by atoms with Crippen LogP contribution in [0.1, 0.15) is 31.9 Å². The summed E-state index contributed by atoms with van der Waals surface area (Å²) in [4.78, 5) is 0.182. The third kappa shape index (κ3) is 3.83. The summed E-state index contributed by atoms with van der Waals surface area (Å²) in [6.45, 7) is 3.91. The molecule has 0 aliphatic carbocycles. The highest BCUT2D eigenvalue weighted by atomic mass is 79.9. The molecule has 0 aromatic heterocycles. The van der Waals surface area contributed by atoms with Crippen molar-refractivity contribution in [2.24, 2.45) is 0 Å². The number of benzene rings is 2. The molecule has 0 bridgehead atoms. The minimum Gasteiger partial charge on any atom is -0.496 e. The molecule has 7 heteroatoms. The van der Waals surface area contributed by atoms with Crippen molar-refractivity contribution in [1.29, 1.82) is 0 Å². The van der Waals surface area contributed by atoms with Crippen LogP contribution >= 0.6 is 15.9 Å². The van der Waals surface area contributed by atoms with Crippen molar-refractivity contribution in [3.8, 4) is 11.5 Å². The summed E-state index contributed by atoms with van der Waals surface area (Å²) in [6.07, 6.45) is 0.542. The molecule has 25 heavy (non-hydrogen) atoms. The molecule has 1 N–H and O–H groups in total. The number of sulfonamides is 1. The molecule has 0 fully saturated rings. The van der Waals surface area contributed by atoms with Gasteiger partial charge in [0.15, 0.2) is 0 Å². The third-order valence-electron chi connectivity index (χ3n) is 4.11. The van der Waals surface area contributed by atoms with Crippen molar-refractivity contribution in [2.75, 3.05) is 7.11 Å². The Balaban J connectivity index is 1.94. The molecule has 1 aliphatic rings. The lowest BCUT2D eigenvalue weighted by molar-refractivity contribution is 0.0702. The second-order valence-electron chi connectivity index (χ2n) is 6.57. The summed E-state index contributed by atoms with van der Waals surface area (Å²) in [5, 5.41) is 0. The molecule has 1 aliphatic heterocycles. The summed E-state index contributed by atoms with van der Waals surface area (Å²) in [5.74, 6) is 1.29. The lowest BCUT2D eigenvalue weighted by Gasteiger charge is -2.37. The number of hydrogen-bond acceptors (Lipinski definition) is 4. The molecular weight excluding hydrogens is 406 g/mol. The van der Waals surface area contributed by atoms with Crippen molar-refractivity contribution in [3.05, 3.63) is 52.5 Å². The number of ether oxygens (including phenoxy) is 2. The normalized spacial score (nSPS) is 19.0. The number of para-hydroxylation sites is 1. The van der Waals surface area contributed by atoms with E-state index in [4.69, 9.17) is 9.47 Å². The molecule has 2 aromatic carbocycles. The molecule has 0 amide bonds. The summed E-state index contributed by atoms with van der Waals surface area (Å²) in [6, 6.07) is 11.9. The fraction of sp³-hybridized carbons (Fsp3) is 0.333. The van der Waals surface area contributed by atoms with E-state index in [2.05, 4.69) is 20.7 Å². The van der Waals surface area contributed by atoms with Crippen LogP contribution in [-0.2, 0) is 10.0 Å². The van der Waals surface area contributed by atoms with Gasteiger partial charge in [-0.25, -0.2) is 13.1 Å². The summed E-state index contributed by atoms with van der Waals surface area (Å²) < 4.78 is 40.2. The molecule has 0 saturated heterocycles. The molecule has 0 spiro atoms. The van der Waals surface area contributed by atoms with Gasteiger partial charge in [-0.2, -0.15) is 0 Å². The van der Waals surface area contributed by atoms with E-state index < -0.39 is 15.6 Å². The van der Waals surface area contributed by atoms with Crippen molar-refractivity contribution >= 4 is 26.0 Å². The SMILES string of the molecule is COc1ccc(S(=O)(=O)N[C@H]2CC(C)(C)Oc3ccccc32)cc1Br. The van der Waals surface area contributed by atoms with Gasteiger partial charge in [-0.05, 0) is 54.0 Å². The Bertz CT molecular complexity index is 896. The van der Waals surface area contributed by atoms with Crippen molar-refractivity contribution in [1.82, 2.24) is 4.72 Å². The Hall–Kier alpha value is -1.57. The summed E-state index contributed by atoms with van der Waals surface area (Å²) in [7, 11) is -2.16. The third-order valence-corrected chi connectivity index (χ3v) is 6.20. The smallest absolute Gasteiger partial charge is 0.241 e. The van der Waals surface area contributed by atoms with E-state index in [9.17, 15) is 8.42 Å². The van der Waals surface area contributed by atoms with Crippen LogP contribution in [0.25, 0.3) is 0 Å². The van der Waals surface area contributed by atoms with Gasteiger partial charge < -0.3 is 9.47 Å². The average Bonchev–Trinajstić information content (AvgIpc) is 2.53. The fourth-order valence-electron chi connectivity index (χ4n) is 2.98. The van der Waals surface area contributed by atoms with Crippen LogP contribution in [0.3, 0.4) is 0 Å². The summed E-state index contributed by atoms with van der Waals surface area (Å²) >= 11 is 3.33. The van der Waals surface area contributed by atoms with Crippen LogP contribution in [-0.4, -0.2) is 21.1 Å². The zero-order valence-electron chi connectivity index (χ0n) is 14.2. The van der Waals surface area contributed by atoms with Gasteiger partial charge in [0.05, 0.1) is 22.5 Å². The zero-order valence-corrected chi connectivity index (χ0v) is 16.6. The zero-order chi connectivity index (χ0) is 18.2. The highest BCUT2D eigenvalue weighted by Crippen LogP contribution is 2.40. The molecule has 1 atom stereocenters. The Morgan fingerprint density at radius 1 is 1.24 bits per heavy atom. The van der Waals surface area contributed by atoms with Crippen LogP contribution < -0.4 is 14.2 Å². The predicted octanol–water partition coefficient (Wildman–Crippen LogP) is 4.04. The van der Waals surface area contributed by atoms with Gasteiger partial charge in [0.2, 0.25) is 10.0 Å². The van der Waals surface area contributed by atoms with Crippen LogP contribution in [0, 0.1) is 0 Å². The number of methoxy groups -OCH3 is 1. The molecule has 3 rings (SSSR count). The minimum atomic E-state index is -3.69. The Morgan fingerprint density at radius 3 is 2.64 bits per heavy atom. The number of nitrogens with one attached hydrogen (secondary N) is 1. The molecule has 0 radical (unpaired) electrons. The van der Waals surface area contributed by atoms with Gasteiger partial charge in [-0.3, -0.25) is 0 Å². The van der Waals surface area contributed by atoms with Crippen LogP contribution in [0.4, 0.5) is 0 Å². The first-order chi connectivity index (χ1) is 11.7. The maximum absolute atomic E-state index is 12.9. The van der Waals surface area contributed by atoms with Gasteiger partial charge in [0.25, 0.3) is 0 Å². The number of rotatable bonds is 4. The van der Waals surface area contributed by atoms with Crippen molar-refractivity contribution in [3.63, 3.8) is 0 Å². The van der Waals surface area contributed by atoms with E-state index in [1.54, 1.807) is 6.07 Å². The fourth-order valence-corrected chi connectivity index (χ4v) is 4.91. The maximum atomic E-state index is 12.9. The van der Waals surface area contributed by atoms with E-state index in [1.807, 2.05) is 38.1 Å². The molecular formula is C18H20BrNO4S. The lowest BCUT2D eigenvalue weighted by Crippen LogP contribution is -2.41. The van der Waals surface area contributed by atoms with Gasteiger partial charge in [0, 0.05) is 12.0 Å². The first-order valence-corrected chi connectivity index (χ1v) is 10.1. The quantitative estimate of drug-likeness (QED) is 0.802. The maximum Gasteiger partial charge on any atom is 0.241 e. The second kappa shape index (κ2) is 6.63. The molecule has 0 saturated carbocycles. The molecule has 5 nitrogen and oxygen atoms in total. The number of hydrogen-bond donors (Lipinski definition) is 1. The Kier molecular flexibility index (Phi) is 4.83. The topological polar surface area (TPSA) is 64.6 Å². The lowest BCUT2D eigenvalue weighted by atomic mass is 9.90. The highest BCUT2D eigenvalue weighted by Gasteiger charge is 2.36. The van der Waals surface area contributed by atoms with Crippen molar-refractivity contribution in [2.45, 2.75) is 36.8 Å². The molecule has 1 heterocycles. The van der Waals surface area contributed by atoms with Crippen LogP contribution in [0.2, 0.25) is 0 Å². The van der Waals surface area contributed by atoms with E-state index in [0.29, 0.717) is 22.4 Å². The standard InChI is InChI=1S/C18H20BrNO4S/c1-18(2)11-15(13-6-4-5-7-16(13)24-18)20-25(21,22)12-8-9-17(23-3)14(19)10-12/h4-10,15,20H,11H2,1-3H3/t15-/m0/s1. The molecule has 2 aromatic rings. The Morgan fingerprint density at radius 2 is 1.96 bits per heavy atom. The Labute approximate surface area is 156 Å². The second-order valence-corrected chi connectivity index (χ2v) is 9.14.